The number of aliphatic hydroxyl groups excluding tert-OH is 1. The lowest BCUT2D eigenvalue weighted by atomic mass is 9.98. The van der Waals surface area contributed by atoms with Crippen molar-refractivity contribution < 1.29 is 18.3 Å². The summed E-state index contributed by atoms with van der Waals surface area (Å²) in [6.07, 6.45) is 5.90. The minimum Gasteiger partial charge on any atom is -0.394 e. The maximum Gasteiger partial charge on any atom is 0.238 e. The van der Waals surface area contributed by atoms with Crippen molar-refractivity contribution in [1.82, 2.24) is 9.62 Å². The molecule has 7 heteroatoms. The predicted molar refractivity (Wildman–Crippen MR) is 71.0 cm³/mol. The summed E-state index contributed by atoms with van der Waals surface area (Å²) in [5, 5.41) is 12.4. The van der Waals surface area contributed by atoms with E-state index in [4.69, 9.17) is 0 Å². The summed E-state index contributed by atoms with van der Waals surface area (Å²) >= 11 is 0. The van der Waals surface area contributed by atoms with E-state index in [-0.39, 0.29) is 12.5 Å². The summed E-state index contributed by atoms with van der Waals surface area (Å²) in [6, 6.07) is -0.612. The Morgan fingerprint density at radius 3 is 2.53 bits per heavy atom. The molecule has 2 rings (SSSR count). The molecule has 0 radical (unpaired) electrons. The molecule has 110 valence electrons. The molecule has 0 aromatic rings. The Kier molecular flexibility index (Phi) is 4.17. The van der Waals surface area contributed by atoms with Crippen LogP contribution in [-0.2, 0) is 14.8 Å². The molecule has 1 aliphatic heterocycles. The maximum atomic E-state index is 12.3. The number of rotatable bonds is 4. The molecule has 0 aromatic carbocycles. The third kappa shape index (κ3) is 3.09. The summed E-state index contributed by atoms with van der Waals surface area (Å²) in [6.45, 7) is 0.327. The van der Waals surface area contributed by atoms with E-state index in [1.165, 1.54) is 4.31 Å². The van der Waals surface area contributed by atoms with E-state index in [1.54, 1.807) is 0 Å². The lowest BCUT2D eigenvalue weighted by molar-refractivity contribution is -0.126. The van der Waals surface area contributed by atoms with Crippen LogP contribution in [0.3, 0.4) is 0 Å². The van der Waals surface area contributed by atoms with Crippen LogP contribution in [0.25, 0.3) is 0 Å². The van der Waals surface area contributed by atoms with Gasteiger partial charge in [-0.3, -0.25) is 4.79 Å². The molecular formula is C12H22N2O4S. The van der Waals surface area contributed by atoms with E-state index >= 15 is 0 Å². The third-order valence-electron chi connectivity index (χ3n) is 4.18. The first-order valence-corrected chi connectivity index (χ1v) is 8.62. The van der Waals surface area contributed by atoms with Crippen LogP contribution >= 0.6 is 0 Å². The average molecular weight is 290 g/mol. The largest absolute Gasteiger partial charge is 0.394 e. The average Bonchev–Trinajstić information content (AvgIpc) is 2.96. The van der Waals surface area contributed by atoms with Crippen molar-refractivity contribution in [3.63, 3.8) is 0 Å². The maximum absolute atomic E-state index is 12.3. The van der Waals surface area contributed by atoms with Gasteiger partial charge in [-0.05, 0) is 25.7 Å². The highest BCUT2D eigenvalue weighted by Gasteiger charge is 2.41. The van der Waals surface area contributed by atoms with Crippen LogP contribution in [-0.4, -0.2) is 54.7 Å². The SMILES string of the molecule is CS(=O)(=O)N1CCCC1C(=O)NC1(CO)CCCC1. The monoisotopic (exact) mass is 290 g/mol. The molecule has 2 fully saturated rings. The molecule has 0 spiro atoms. The summed E-state index contributed by atoms with van der Waals surface area (Å²) < 4.78 is 24.5. The molecular weight excluding hydrogens is 268 g/mol. The molecule has 19 heavy (non-hydrogen) atoms. The van der Waals surface area contributed by atoms with Crippen molar-refractivity contribution in [2.45, 2.75) is 50.1 Å². The Balaban J connectivity index is 2.07. The summed E-state index contributed by atoms with van der Waals surface area (Å²) in [5.41, 5.74) is -0.539. The molecule has 1 unspecified atom stereocenters. The number of sulfonamides is 1. The number of aliphatic hydroxyl groups is 1. The van der Waals surface area contributed by atoms with Crippen LogP contribution in [0, 0.1) is 0 Å². The Morgan fingerprint density at radius 2 is 2.00 bits per heavy atom. The topological polar surface area (TPSA) is 86.7 Å². The van der Waals surface area contributed by atoms with E-state index in [2.05, 4.69) is 5.32 Å². The Morgan fingerprint density at radius 1 is 1.37 bits per heavy atom. The van der Waals surface area contributed by atoms with Crippen LogP contribution in [0.5, 0.6) is 0 Å². The summed E-state index contributed by atoms with van der Waals surface area (Å²) in [7, 11) is -3.35. The van der Waals surface area contributed by atoms with Crippen LogP contribution in [0.4, 0.5) is 0 Å². The Labute approximate surface area is 114 Å². The second kappa shape index (κ2) is 5.38. The van der Waals surface area contributed by atoms with Gasteiger partial charge in [-0.15, -0.1) is 0 Å². The van der Waals surface area contributed by atoms with Gasteiger partial charge in [0.05, 0.1) is 18.4 Å². The van der Waals surface area contributed by atoms with E-state index in [0.29, 0.717) is 19.4 Å². The first-order chi connectivity index (χ1) is 8.88. The zero-order valence-electron chi connectivity index (χ0n) is 11.3. The van der Waals surface area contributed by atoms with Gasteiger partial charge < -0.3 is 10.4 Å². The highest BCUT2D eigenvalue weighted by Crippen LogP contribution is 2.30. The molecule has 1 saturated carbocycles. The van der Waals surface area contributed by atoms with Gasteiger partial charge in [-0.25, -0.2) is 8.42 Å². The van der Waals surface area contributed by atoms with Gasteiger partial charge in [0, 0.05) is 6.54 Å². The van der Waals surface area contributed by atoms with Gasteiger partial charge in [0.25, 0.3) is 0 Å². The highest BCUT2D eigenvalue weighted by atomic mass is 32.2. The van der Waals surface area contributed by atoms with E-state index in [0.717, 1.165) is 31.9 Å². The fourth-order valence-electron chi connectivity index (χ4n) is 3.12. The minimum absolute atomic E-state index is 0.0790. The third-order valence-corrected chi connectivity index (χ3v) is 5.47. The number of carbonyl (C=O) groups is 1. The van der Waals surface area contributed by atoms with E-state index < -0.39 is 21.6 Å². The van der Waals surface area contributed by atoms with Gasteiger partial charge in [-0.1, -0.05) is 12.8 Å². The molecule has 1 heterocycles. The van der Waals surface area contributed by atoms with Gasteiger partial charge in [0.2, 0.25) is 15.9 Å². The van der Waals surface area contributed by atoms with Crippen molar-refractivity contribution in [1.29, 1.82) is 0 Å². The van der Waals surface area contributed by atoms with Crippen molar-refractivity contribution in [3.8, 4) is 0 Å². The lowest BCUT2D eigenvalue weighted by Gasteiger charge is -2.31. The van der Waals surface area contributed by atoms with Gasteiger partial charge in [0.15, 0.2) is 0 Å². The van der Waals surface area contributed by atoms with E-state index in [1.807, 2.05) is 0 Å². The summed E-state index contributed by atoms with van der Waals surface area (Å²) in [5.74, 6) is -0.265. The molecule has 1 atom stereocenters. The second-order valence-corrected chi connectivity index (χ2v) is 7.60. The second-order valence-electron chi connectivity index (χ2n) is 5.67. The lowest BCUT2D eigenvalue weighted by Crippen LogP contribution is -2.55. The molecule has 0 bridgehead atoms. The van der Waals surface area contributed by atoms with Crippen molar-refractivity contribution in [2.24, 2.45) is 0 Å². The van der Waals surface area contributed by atoms with Gasteiger partial charge in [-0.2, -0.15) is 4.31 Å². The van der Waals surface area contributed by atoms with Crippen molar-refractivity contribution >= 4 is 15.9 Å². The number of carbonyl (C=O) groups excluding carboxylic acids is 1. The van der Waals surface area contributed by atoms with Gasteiger partial charge >= 0.3 is 0 Å². The standard InChI is InChI=1S/C12H22N2O4S/c1-19(17,18)14-8-4-5-10(14)11(16)13-12(9-15)6-2-3-7-12/h10,15H,2-9H2,1H3,(H,13,16). The zero-order valence-corrected chi connectivity index (χ0v) is 12.1. The minimum atomic E-state index is -3.35. The molecule has 1 amide bonds. The fourth-order valence-corrected chi connectivity index (χ4v) is 4.24. The fraction of sp³-hybridized carbons (Fsp3) is 0.917. The van der Waals surface area contributed by atoms with Crippen LogP contribution in [0.2, 0.25) is 0 Å². The quantitative estimate of drug-likeness (QED) is 0.753. The predicted octanol–water partition coefficient (Wildman–Crippen LogP) is -0.168. The number of hydrogen-bond donors (Lipinski definition) is 2. The van der Waals surface area contributed by atoms with E-state index in [9.17, 15) is 18.3 Å². The normalized spacial score (nSPS) is 27.6. The first-order valence-electron chi connectivity index (χ1n) is 6.78. The Hall–Kier alpha value is -0.660. The molecule has 6 nitrogen and oxygen atoms in total. The smallest absolute Gasteiger partial charge is 0.238 e. The van der Waals surface area contributed by atoms with Crippen LogP contribution < -0.4 is 5.32 Å². The molecule has 1 aliphatic carbocycles. The van der Waals surface area contributed by atoms with Crippen molar-refractivity contribution in [3.05, 3.63) is 0 Å². The molecule has 2 N–H and O–H groups in total. The van der Waals surface area contributed by atoms with Gasteiger partial charge in [0.1, 0.15) is 6.04 Å². The highest BCUT2D eigenvalue weighted by molar-refractivity contribution is 7.88. The number of hydrogen-bond acceptors (Lipinski definition) is 4. The molecule has 0 aromatic heterocycles. The van der Waals surface area contributed by atoms with Crippen LogP contribution in [0.15, 0.2) is 0 Å². The number of nitrogens with zero attached hydrogens (tertiary/aromatic N) is 1. The molecule has 1 saturated heterocycles. The Bertz CT molecular complexity index is 443. The molecule has 2 aliphatic rings. The van der Waals surface area contributed by atoms with Crippen molar-refractivity contribution in [2.75, 3.05) is 19.4 Å². The zero-order chi connectivity index (χ0) is 14.1. The first kappa shape index (κ1) is 14.7. The number of amides is 1. The number of nitrogens with one attached hydrogen (secondary N) is 1. The summed E-state index contributed by atoms with van der Waals surface area (Å²) in [4.78, 5) is 12.3. The van der Waals surface area contributed by atoms with Crippen LogP contribution in [0.1, 0.15) is 38.5 Å².